The number of hydrazine groups is 1. The fourth-order valence-electron chi connectivity index (χ4n) is 6.70. The number of anilines is 1. The van der Waals surface area contributed by atoms with Crippen LogP contribution in [0.25, 0.3) is 10.9 Å². The minimum Gasteiger partial charge on any atom is -0.337 e. The number of nitrogens with zero attached hydrogens (tertiary/aromatic N) is 6. The number of piperazine rings is 1. The van der Waals surface area contributed by atoms with Crippen LogP contribution >= 0.6 is 0 Å². The second kappa shape index (κ2) is 12.8. The van der Waals surface area contributed by atoms with Crippen LogP contribution in [0.2, 0.25) is 0 Å². The van der Waals surface area contributed by atoms with Gasteiger partial charge in [0.05, 0.1) is 28.9 Å². The molecule has 1 saturated heterocycles. The zero-order valence-electron chi connectivity index (χ0n) is 26.6. The van der Waals surface area contributed by atoms with Gasteiger partial charge in [-0.05, 0) is 41.8 Å². The molecule has 3 aromatic rings. The molecule has 3 atom stereocenters. The van der Waals surface area contributed by atoms with Crippen molar-refractivity contribution in [3.63, 3.8) is 0 Å². The average Bonchev–Trinajstić information content (AvgIpc) is 3.02. The Bertz CT molecular complexity index is 2030. The highest BCUT2D eigenvalue weighted by atomic mass is 32.2. The molecule has 2 amide bonds. The molecular formula is C30H35F3N8O6S2. The van der Waals surface area contributed by atoms with Crippen molar-refractivity contribution in [3.05, 3.63) is 59.4 Å². The van der Waals surface area contributed by atoms with Crippen LogP contribution in [0, 0.1) is 5.92 Å². The summed E-state index contributed by atoms with van der Waals surface area (Å²) in [5, 5.41) is 4.59. The Morgan fingerprint density at radius 3 is 2.49 bits per heavy atom. The van der Waals surface area contributed by atoms with Gasteiger partial charge in [-0.1, -0.05) is 25.1 Å². The molecule has 4 heterocycles. The smallest absolute Gasteiger partial charge is 0.337 e. The van der Waals surface area contributed by atoms with E-state index in [1.807, 2.05) is 4.90 Å². The van der Waals surface area contributed by atoms with Gasteiger partial charge in [0.2, 0.25) is 15.9 Å². The fourth-order valence-corrected chi connectivity index (χ4v) is 9.33. The quantitative estimate of drug-likeness (QED) is 0.355. The van der Waals surface area contributed by atoms with E-state index in [2.05, 4.69) is 15.3 Å². The first-order valence-corrected chi connectivity index (χ1v) is 18.9. The Balaban J connectivity index is 1.32. The number of hydrogen-bond donors (Lipinski definition) is 2. The van der Waals surface area contributed by atoms with Gasteiger partial charge in [-0.15, -0.1) is 0 Å². The number of para-hydroxylation sites is 1. The monoisotopic (exact) mass is 724 g/mol. The number of benzene rings is 2. The summed E-state index contributed by atoms with van der Waals surface area (Å²) in [6, 6.07) is 10.0. The van der Waals surface area contributed by atoms with Gasteiger partial charge >= 0.3 is 12.1 Å². The van der Waals surface area contributed by atoms with Gasteiger partial charge in [0.15, 0.2) is 5.82 Å². The maximum absolute atomic E-state index is 14.0. The Labute approximate surface area is 281 Å². The summed E-state index contributed by atoms with van der Waals surface area (Å²) in [7, 11) is -7.77. The lowest BCUT2D eigenvalue weighted by molar-refractivity contribution is -0.186. The number of sulfone groups is 1. The first kappa shape index (κ1) is 34.9. The molecule has 2 bridgehead atoms. The molecule has 1 aromatic heterocycles. The lowest BCUT2D eigenvalue weighted by atomic mass is 10.00. The lowest BCUT2D eigenvalue weighted by Gasteiger charge is -2.43. The number of carbonyl (C=O) groups is 2. The number of hydrogen-bond acceptors (Lipinski definition) is 11. The number of amides is 2. The van der Waals surface area contributed by atoms with E-state index in [0.29, 0.717) is 32.8 Å². The molecule has 14 nitrogen and oxygen atoms in total. The molecule has 0 saturated carbocycles. The summed E-state index contributed by atoms with van der Waals surface area (Å²) in [6.07, 6.45) is -4.77. The van der Waals surface area contributed by atoms with E-state index in [9.17, 15) is 39.6 Å². The van der Waals surface area contributed by atoms with Crippen LogP contribution in [0.5, 0.6) is 0 Å². The highest BCUT2D eigenvalue weighted by Crippen LogP contribution is 2.31. The van der Waals surface area contributed by atoms with Crippen molar-refractivity contribution in [2.24, 2.45) is 11.8 Å². The number of aromatic nitrogens is 2. The first-order chi connectivity index (χ1) is 22.9. The van der Waals surface area contributed by atoms with Crippen molar-refractivity contribution >= 4 is 48.4 Å². The zero-order valence-corrected chi connectivity index (χ0v) is 28.2. The maximum Gasteiger partial charge on any atom is 0.471 e. The van der Waals surface area contributed by atoms with Crippen LogP contribution in [0.15, 0.2) is 47.4 Å². The van der Waals surface area contributed by atoms with Crippen molar-refractivity contribution in [1.82, 2.24) is 29.4 Å². The predicted octanol–water partition coefficient (Wildman–Crippen LogP) is 0.769. The van der Waals surface area contributed by atoms with Crippen LogP contribution in [0.4, 0.5) is 19.0 Å². The largest absolute Gasteiger partial charge is 0.471 e. The molecule has 49 heavy (non-hydrogen) atoms. The summed E-state index contributed by atoms with van der Waals surface area (Å²) in [6.45, 7) is 1.09. The van der Waals surface area contributed by atoms with E-state index in [-0.39, 0.29) is 62.2 Å². The fraction of sp³-hybridized carbons (Fsp3) is 0.467. The van der Waals surface area contributed by atoms with Crippen LogP contribution in [-0.4, -0.2) is 109 Å². The SMILES string of the molecule is CC(CS(C)(=O)=O)[C@H]1C(=O)NC2CN(S(=O)(=O)c3ccc4c(c3)CN(C(=O)C(F)(F)F)CC4)CCN2Cc2nc(c3ccccc3n2)N1N. The number of nitrogens with one attached hydrogen (secondary N) is 1. The summed E-state index contributed by atoms with van der Waals surface area (Å²) in [5.74, 6) is 3.36. The normalized spacial score (nSPS) is 21.9. The Morgan fingerprint density at radius 2 is 1.78 bits per heavy atom. The minimum absolute atomic E-state index is 0.00182. The summed E-state index contributed by atoms with van der Waals surface area (Å²) < 4.78 is 93.0. The number of carbonyl (C=O) groups excluding carboxylic acids is 2. The zero-order chi connectivity index (χ0) is 35.5. The standard InChI is InChI=1S/C30H35F3N8O6S2/c1-18(17-48(2,44)45)26-28(42)37-25-16-40(12-11-38(25)15-24-35-23-6-4-3-5-22(23)27(36-24)41(26)34)49(46,47)21-8-7-19-9-10-39(14-20(19)13-21)29(43)30(31,32)33/h3-8,13,18,25-26H,9-12,14-17,34H2,1-2H3,(H,37,42)/t18?,25?,26-/m0/s1. The van der Waals surface area contributed by atoms with E-state index in [1.165, 1.54) is 22.5 Å². The predicted molar refractivity (Wildman–Crippen MR) is 172 cm³/mol. The Hall–Kier alpha value is -3.91. The van der Waals surface area contributed by atoms with Crippen molar-refractivity contribution in [3.8, 4) is 0 Å². The highest BCUT2D eigenvalue weighted by Gasteiger charge is 2.44. The summed E-state index contributed by atoms with van der Waals surface area (Å²) in [4.78, 5) is 37.5. The third-order valence-electron chi connectivity index (χ3n) is 9.01. The van der Waals surface area contributed by atoms with Gasteiger partial charge in [-0.2, -0.15) is 17.5 Å². The molecule has 3 aliphatic rings. The number of alkyl halides is 3. The van der Waals surface area contributed by atoms with E-state index in [0.717, 1.165) is 11.3 Å². The Morgan fingerprint density at radius 1 is 1.04 bits per heavy atom. The van der Waals surface area contributed by atoms with E-state index >= 15 is 0 Å². The number of nitrogens with two attached hydrogens (primary N) is 1. The van der Waals surface area contributed by atoms with Gasteiger partial charge in [0, 0.05) is 50.3 Å². The van der Waals surface area contributed by atoms with Crippen LogP contribution in [0.3, 0.4) is 0 Å². The molecule has 1 fully saturated rings. The lowest BCUT2D eigenvalue weighted by Crippen LogP contribution is -2.65. The maximum atomic E-state index is 14.0. The second-order valence-corrected chi connectivity index (χ2v) is 16.8. The van der Waals surface area contributed by atoms with Crippen LogP contribution < -0.4 is 16.2 Å². The molecule has 19 heteroatoms. The van der Waals surface area contributed by atoms with Gasteiger partial charge < -0.3 is 10.2 Å². The molecule has 2 unspecified atom stereocenters. The van der Waals surface area contributed by atoms with Gasteiger partial charge in [0.25, 0.3) is 0 Å². The molecule has 2 aromatic carbocycles. The van der Waals surface area contributed by atoms with E-state index in [1.54, 1.807) is 31.2 Å². The van der Waals surface area contributed by atoms with Gasteiger partial charge in [-0.25, -0.2) is 32.6 Å². The average molecular weight is 725 g/mol. The minimum atomic E-state index is -5.05. The van der Waals surface area contributed by atoms with Crippen molar-refractivity contribution in [2.45, 2.75) is 49.7 Å². The molecule has 6 rings (SSSR count). The van der Waals surface area contributed by atoms with Gasteiger partial charge in [-0.3, -0.25) is 19.5 Å². The van der Waals surface area contributed by atoms with Crippen LogP contribution in [-0.2, 0) is 49.0 Å². The molecule has 3 N–H and O–H groups in total. The number of sulfonamides is 1. The molecule has 264 valence electrons. The van der Waals surface area contributed by atoms with Gasteiger partial charge in [0.1, 0.15) is 21.7 Å². The molecular weight excluding hydrogens is 690 g/mol. The molecule has 0 spiro atoms. The molecule has 3 aliphatic heterocycles. The summed E-state index contributed by atoms with van der Waals surface area (Å²) >= 11 is 0. The van der Waals surface area contributed by atoms with Crippen LogP contribution in [0.1, 0.15) is 23.9 Å². The van der Waals surface area contributed by atoms with Crippen molar-refractivity contribution in [2.75, 3.05) is 43.2 Å². The Kier molecular flexibility index (Phi) is 9.10. The summed E-state index contributed by atoms with van der Waals surface area (Å²) in [5.41, 5.74) is 1.49. The highest BCUT2D eigenvalue weighted by molar-refractivity contribution is 7.90. The number of halogens is 3. The van der Waals surface area contributed by atoms with E-state index < -0.39 is 56.0 Å². The van der Waals surface area contributed by atoms with E-state index in [4.69, 9.17) is 5.84 Å². The third kappa shape index (κ3) is 7.07. The third-order valence-corrected chi connectivity index (χ3v) is 12.0. The second-order valence-electron chi connectivity index (χ2n) is 12.7. The number of fused-ring (bicyclic) bond motifs is 6. The number of rotatable bonds is 5. The van der Waals surface area contributed by atoms with Crippen molar-refractivity contribution < 1.29 is 39.6 Å². The first-order valence-electron chi connectivity index (χ1n) is 15.4. The van der Waals surface area contributed by atoms with Crippen molar-refractivity contribution in [1.29, 1.82) is 0 Å². The molecule has 0 aliphatic carbocycles. The topological polar surface area (TPSA) is 179 Å². The molecule has 0 radical (unpaired) electrons.